The number of aryl methyl sites for hydroxylation is 1. The average Bonchev–Trinajstić information content (AvgIpc) is 2.90. The largest absolute Gasteiger partial charge is 0.324 e. The van der Waals surface area contributed by atoms with Crippen molar-refractivity contribution in [2.45, 2.75) is 31.6 Å². The number of nitrogens with one attached hydrogen (secondary N) is 1. The summed E-state index contributed by atoms with van der Waals surface area (Å²) >= 11 is 0. The zero-order chi connectivity index (χ0) is 21.5. The number of carbonyl (C=O) groups is 3. The molecule has 3 rings (SSSR count). The number of likely N-dealkylation sites (tertiary alicyclic amines) is 1. The van der Waals surface area contributed by atoms with E-state index in [0.29, 0.717) is 29.7 Å². The van der Waals surface area contributed by atoms with Gasteiger partial charge in [0, 0.05) is 19.8 Å². The number of hydrogen-bond acceptors (Lipinski definition) is 5. The van der Waals surface area contributed by atoms with Gasteiger partial charge in [-0.05, 0) is 49.9 Å². The number of imide groups is 1. The van der Waals surface area contributed by atoms with Gasteiger partial charge in [-0.15, -0.1) is 0 Å². The van der Waals surface area contributed by atoms with Crippen molar-refractivity contribution in [3.63, 3.8) is 0 Å². The van der Waals surface area contributed by atoms with Gasteiger partial charge in [-0.2, -0.15) is 0 Å². The molecule has 156 valence electrons. The van der Waals surface area contributed by atoms with E-state index in [-0.39, 0.29) is 23.3 Å². The summed E-state index contributed by atoms with van der Waals surface area (Å²) in [6.45, 7) is 3.14. The van der Waals surface area contributed by atoms with Crippen molar-refractivity contribution in [3.05, 3.63) is 35.4 Å². The Morgan fingerprint density at radius 1 is 1.10 bits per heavy atom. The highest BCUT2D eigenvalue weighted by molar-refractivity contribution is 7.89. The van der Waals surface area contributed by atoms with Gasteiger partial charge in [0.1, 0.15) is 6.54 Å². The first-order valence-electron chi connectivity index (χ1n) is 9.38. The predicted octanol–water partition coefficient (Wildman–Crippen LogP) is 1.44. The number of carbonyl (C=O) groups excluding carboxylic acids is 3. The molecule has 1 aliphatic heterocycles. The molecule has 0 radical (unpaired) electrons. The molecule has 3 amide bonds. The van der Waals surface area contributed by atoms with E-state index in [1.54, 1.807) is 19.9 Å². The van der Waals surface area contributed by atoms with Crippen LogP contribution in [-0.4, -0.2) is 56.0 Å². The van der Waals surface area contributed by atoms with Crippen molar-refractivity contribution in [2.75, 3.05) is 26.0 Å². The summed E-state index contributed by atoms with van der Waals surface area (Å²) in [7, 11) is -0.808. The topological polar surface area (TPSA) is 104 Å². The summed E-state index contributed by atoms with van der Waals surface area (Å²) < 4.78 is 26.0. The standard InChI is InChI=1S/C20H25N3O5S/c1-12-9-14(29(27,28)22(3)4)10-17(13(12)2)21-18(24)11-23-19(25)15-7-5-6-8-16(15)20(23)26/h5-6,9-10,15-16H,7-8,11H2,1-4H3,(H,21,24). The molecule has 1 N–H and O–H groups in total. The number of sulfonamides is 1. The average molecular weight is 420 g/mol. The Hall–Kier alpha value is -2.52. The molecule has 1 aromatic carbocycles. The summed E-state index contributed by atoms with van der Waals surface area (Å²) in [4.78, 5) is 38.7. The summed E-state index contributed by atoms with van der Waals surface area (Å²) in [6, 6.07) is 2.94. The molecule has 0 spiro atoms. The van der Waals surface area contributed by atoms with Crippen molar-refractivity contribution in [1.29, 1.82) is 0 Å². The third-order valence-corrected chi connectivity index (χ3v) is 7.39. The van der Waals surface area contributed by atoms with Crippen LogP contribution in [0.5, 0.6) is 0 Å². The van der Waals surface area contributed by atoms with Crippen molar-refractivity contribution >= 4 is 33.4 Å². The molecule has 1 fully saturated rings. The lowest BCUT2D eigenvalue weighted by molar-refractivity contribution is -0.142. The maximum atomic E-state index is 12.6. The van der Waals surface area contributed by atoms with Crippen molar-refractivity contribution in [2.24, 2.45) is 11.8 Å². The van der Waals surface area contributed by atoms with Gasteiger partial charge in [-0.25, -0.2) is 12.7 Å². The van der Waals surface area contributed by atoms with Crippen molar-refractivity contribution in [1.82, 2.24) is 9.21 Å². The highest BCUT2D eigenvalue weighted by atomic mass is 32.2. The Kier molecular flexibility index (Phi) is 5.64. The molecular weight excluding hydrogens is 394 g/mol. The Balaban J connectivity index is 1.80. The van der Waals surface area contributed by atoms with Gasteiger partial charge in [0.15, 0.2) is 0 Å². The van der Waals surface area contributed by atoms with E-state index in [1.165, 1.54) is 20.2 Å². The number of amides is 3. The van der Waals surface area contributed by atoms with Gasteiger partial charge >= 0.3 is 0 Å². The van der Waals surface area contributed by atoms with Crippen LogP contribution in [0.4, 0.5) is 5.69 Å². The second-order valence-electron chi connectivity index (χ2n) is 7.67. The van der Waals surface area contributed by atoms with Crippen LogP contribution >= 0.6 is 0 Å². The molecule has 8 nitrogen and oxygen atoms in total. The molecule has 2 atom stereocenters. The van der Waals surface area contributed by atoms with E-state index < -0.39 is 27.8 Å². The van der Waals surface area contributed by atoms with Gasteiger partial charge in [0.25, 0.3) is 0 Å². The molecule has 1 aliphatic carbocycles. The number of allylic oxidation sites excluding steroid dienone is 2. The van der Waals surface area contributed by atoms with E-state index >= 15 is 0 Å². The molecule has 2 aliphatic rings. The fourth-order valence-electron chi connectivity index (χ4n) is 3.67. The zero-order valence-corrected chi connectivity index (χ0v) is 17.7. The third kappa shape index (κ3) is 3.84. The number of anilines is 1. The Labute approximate surface area is 170 Å². The molecule has 2 unspecified atom stereocenters. The molecule has 0 bridgehead atoms. The summed E-state index contributed by atoms with van der Waals surface area (Å²) in [5, 5.41) is 2.67. The van der Waals surface area contributed by atoms with Gasteiger partial charge in [0.05, 0.1) is 16.7 Å². The maximum Gasteiger partial charge on any atom is 0.244 e. The summed E-state index contributed by atoms with van der Waals surface area (Å²) in [6.07, 6.45) is 4.80. The van der Waals surface area contributed by atoms with E-state index in [4.69, 9.17) is 0 Å². The highest BCUT2D eigenvalue weighted by Gasteiger charge is 2.47. The van der Waals surface area contributed by atoms with E-state index in [2.05, 4.69) is 5.32 Å². The normalized spacial score (nSPS) is 21.6. The monoisotopic (exact) mass is 419 g/mol. The number of benzene rings is 1. The van der Waals surface area contributed by atoms with Crippen LogP contribution in [0.15, 0.2) is 29.2 Å². The SMILES string of the molecule is Cc1cc(S(=O)(=O)N(C)C)cc(NC(=O)CN2C(=O)C3CC=CCC3C2=O)c1C. The van der Waals surface area contributed by atoms with E-state index in [1.807, 2.05) is 12.2 Å². The Bertz CT molecular complexity index is 987. The van der Waals surface area contributed by atoms with Crippen LogP contribution in [-0.2, 0) is 24.4 Å². The first-order chi connectivity index (χ1) is 13.5. The minimum atomic E-state index is -3.67. The zero-order valence-electron chi connectivity index (χ0n) is 16.9. The van der Waals surface area contributed by atoms with Gasteiger partial charge in [-0.1, -0.05) is 12.2 Å². The van der Waals surface area contributed by atoms with Gasteiger partial charge in [-0.3, -0.25) is 19.3 Å². The number of fused-ring (bicyclic) bond motifs is 1. The summed E-state index contributed by atoms with van der Waals surface area (Å²) in [5.74, 6) is -1.97. The van der Waals surface area contributed by atoms with E-state index in [9.17, 15) is 22.8 Å². The quantitative estimate of drug-likeness (QED) is 0.575. The molecule has 1 heterocycles. The van der Waals surface area contributed by atoms with Gasteiger partial charge < -0.3 is 5.32 Å². The van der Waals surface area contributed by atoms with Crippen LogP contribution < -0.4 is 5.32 Å². The Morgan fingerprint density at radius 2 is 1.66 bits per heavy atom. The first-order valence-corrected chi connectivity index (χ1v) is 10.8. The molecule has 1 saturated heterocycles. The van der Waals surface area contributed by atoms with Crippen molar-refractivity contribution < 1.29 is 22.8 Å². The van der Waals surface area contributed by atoms with Crippen LogP contribution in [0.1, 0.15) is 24.0 Å². The molecular formula is C20H25N3O5S. The lowest BCUT2D eigenvalue weighted by atomic mass is 9.85. The molecule has 9 heteroatoms. The smallest absolute Gasteiger partial charge is 0.244 e. The predicted molar refractivity (Wildman–Crippen MR) is 107 cm³/mol. The van der Waals surface area contributed by atoms with Crippen LogP contribution in [0.25, 0.3) is 0 Å². The lowest BCUT2D eigenvalue weighted by Crippen LogP contribution is -2.38. The van der Waals surface area contributed by atoms with E-state index in [0.717, 1.165) is 9.21 Å². The highest BCUT2D eigenvalue weighted by Crippen LogP contribution is 2.35. The molecule has 1 aromatic rings. The fraction of sp³-hybridized carbons (Fsp3) is 0.450. The third-order valence-electron chi connectivity index (χ3n) is 5.59. The van der Waals surface area contributed by atoms with Crippen LogP contribution in [0.3, 0.4) is 0 Å². The summed E-state index contributed by atoms with van der Waals surface area (Å²) in [5.41, 5.74) is 1.76. The fourth-order valence-corrected chi connectivity index (χ4v) is 4.69. The lowest BCUT2D eigenvalue weighted by Gasteiger charge is -2.18. The number of rotatable bonds is 5. The van der Waals surface area contributed by atoms with Crippen LogP contribution in [0, 0.1) is 25.7 Å². The number of nitrogens with zero attached hydrogens (tertiary/aromatic N) is 2. The second kappa shape index (κ2) is 7.72. The van der Waals surface area contributed by atoms with Gasteiger partial charge in [0.2, 0.25) is 27.7 Å². The van der Waals surface area contributed by atoms with Crippen LogP contribution in [0.2, 0.25) is 0 Å². The second-order valence-corrected chi connectivity index (χ2v) is 9.82. The first kappa shape index (κ1) is 21.2. The Morgan fingerprint density at radius 3 is 2.17 bits per heavy atom. The minimum Gasteiger partial charge on any atom is -0.324 e. The number of hydrogen-bond donors (Lipinski definition) is 1. The molecule has 0 aromatic heterocycles. The minimum absolute atomic E-state index is 0.0614. The molecule has 0 saturated carbocycles. The van der Waals surface area contributed by atoms with Crippen molar-refractivity contribution in [3.8, 4) is 0 Å². The molecule has 29 heavy (non-hydrogen) atoms. The maximum absolute atomic E-state index is 12.6.